The molecule has 1 aromatic rings. The van der Waals surface area contributed by atoms with Crippen LogP contribution < -0.4 is 10.6 Å². The molecule has 0 atom stereocenters. The van der Waals surface area contributed by atoms with Gasteiger partial charge in [-0.3, -0.25) is 4.90 Å². The Morgan fingerprint density at radius 2 is 1.79 bits per heavy atom. The zero-order valence-corrected chi connectivity index (χ0v) is 19.3. The van der Waals surface area contributed by atoms with E-state index in [0.29, 0.717) is 23.0 Å². The Balaban J connectivity index is 2.12. The van der Waals surface area contributed by atoms with Crippen LogP contribution in [0, 0.1) is 0 Å². The van der Waals surface area contributed by atoms with Gasteiger partial charge in [-0.15, -0.1) is 0 Å². The molecule has 1 aliphatic heterocycles. The summed E-state index contributed by atoms with van der Waals surface area (Å²) in [5.74, 6) is 0.703. The van der Waals surface area contributed by atoms with Gasteiger partial charge in [-0.1, -0.05) is 24.6 Å². The van der Waals surface area contributed by atoms with E-state index in [9.17, 15) is 8.42 Å². The Bertz CT molecular complexity index is 784. The average Bonchev–Trinajstić information content (AvgIpc) is 2.71. The largest absolute Gasteiger partial charge is 0.357 e. The highest BCUT2D eigenvalue weighted by Crippen LogP contribution is 2.20. The van der Waals surface area contributed by atoms with Crippen molar-refractivity contribution in [2.75, 3.05) is 40.3 Å². The third kappa shape index (κ3) is 6.42. The van der Waals surface area contributed by atoms with Crippen molar-refractivity contribution in [2.24, 2.45) is 4.99 Å². The highest BCUT2D eigenvalue weighted by molar-refractivity contribution is 7.89. The molecule has 1 heterocycles. The van der Waals surface area contributed by atoms with Gasteiger partial charge in [0.25, 0.3) is 0 Å². The van der Waals surface area contributed by atoms with Gasteiger partial charge in [-0.05, 0) is 58.3 Å². The quantitative estimate of drug-likeness (QED) is 0.495. The summed E-state index contributed by atoms with van der Waals surface area (Å²) in [4.78, 5) is 7.50. The zero-order valence-electron chi connectivity index (χ0n) is 18.5. The molecule has 0 saturated carbocycles. The lowest BCUT2D eigenvalue weighted by molar-refractivity contribution is 0.0982. The van der Waals surface area contributed by atoms with E-state index < -0.39 is 10.0 Å². The summed E-state index contributed by atoms with van der Waals surface area (Å²) in [6.07, 6.45) is 3.84. The van der Waals surface area contributed by atoms with Gasteiger partial charge in [0.05, 0.1) is 11.4 Å². The van der Waals surface area contributed by atoms with E-state index in [4.69, 9.17) is 0 Å². The summed E-state index contributed by atoms with van der Waals surface area (Å²) < 4.78 is 26.4. The van der Waals surface area contributed by atoms with Crippen LogP contribution in [0.5, 0.6) is 0 Å². The van der Waals surface area contributed by atoms with Crippen LogP contribution in [0.3, 0.4) is 0 Å². The number of likely N-dealkylation sites (tertiary alicyclic amines) is 1. The van der Waals surface area contributed by atoms with Crippen LogP contribution >= 0.6 is 0 Å². The zero-order chi connectivity index (χ0) is 21.5. The third-order valence-electron chi connectivity index (χ3n) is 5.38. The number of rotatable bonds is 8. The van der Waals surface area contributed by atoms with Crippen LogP contribution in [0.1, 0.15) is 45.6 Å². The van der Waals surface area contributed by atoms with E-state index in [1.807, 2.05) is 19.1 Å². The van der Waals surface area contributed by atoms with Crippen LogP contribution in [0.2, 0.25) is 0 Å². The fourth-order valence-corrected chi connectivity index (χ4v) is 4.61. The first kappa shape index (κ1) is 23.6. The molecule has 1 saturated heterocycles. The number of nitrogens with zero attached hydrogens (tertiary/aromatic N) is 3. The maximum atomic E-state index is 12.6. The van der Waals surface area contributed by atoms with Crippen molar-refractivity contribution in [1.82, 2.24) is 19.8 Å². The molecule has 164 valence electrons. The van der Waals surface area contributed by atoms with Gasteiger partial charge in [0.2, 0.25) is 10.0 Å². The molecule has 0 unspecified atom stereocenters. The molecule has 2 N–H and O–H groups in total. The number of piperidine rings is 1. The number of aliphatic imine (C=N–C) groups is 1. The van der Waals surface area contributed by atoms with E-state index in [1.165, 1.54) is 23.6 Å². The lowest BCUT2D eigenvalue weighted by Crippen LogP contribution is -2.54. The predicted molar refractivity (Wildman–Crippen MR) is 120 cm³/mol. The van der Waals surface area contributed by atoms with Crippen molar-refractivity contribution in [3.63, 3.8) is 0 Å². The molecule has 1 aromatic carbocycles. The topological polar surface area (TPSA) is 77.0 Å². The molecule has 0 bridgehead atoms. The molecule has 29 heavy (non-hydrogen) atoms. The van der Waals surface area contributed by atoms with Crippen molar-refractivity contribution in [1.29, 1.82) is 0 Å². The number of sulfonamides is 1. The van der Waals surface area contributed by atoms with Gasteiger partial charge in [-0.2, -0.15) is 0 Å². The van der Waals surface area contributed by atoms with Crippen LogP contribution in [0.25, 0.3) is 0 Å². The lowest BCUT2D eigenvalue weighted by Gasteiger charge is -2.41. The van der Waals surface area contributed by atoms with Gasteiger partial charge in [0, 0.05) is 32.7 Å². The first-order valence-electron chi connectivity index (χ1n) is 10.5. The second-order valence-corrected chi connectivity index (χ2v) is 10.4. The first-order valence-corrected chi connectivity index (χ1v) is 11.9. The van der Waals surface area contributed by atoms with E-state index >= 15 is 0 Å². The monoisotopic (exact) mass is 423 g/mol. The van der Waals surface area contributed by atoms with Crippen LogP contribution in [0.4, 0.5) is 0 Å². The predicted octanol–water partition coefficient (Wildman–Crippen LogP) is 2.26. The van der Waals surface area contributed by atoms with Crippen LogP contribution in [-0.2, 0) is 16.6 Å². The summed E-state index contributed by atoms with van der Waals surface area (Å²) in [6.45, 7) is 10.6. The Hall–Kier alpha value is -1.64. The molecule has 8 heteroatoms. The third-order valence-corrected chi connectivity index (χ3v) is 7.30. The Labute approximate surface area is 176 Å². The maximum absolute atomic E-state index is 12.6. The average molecular weight is 424 g/mol. The van der Waals surface area contributed by atoms with Gasteiger partial charge in [0.1, 0.15) is 0 Å². The number of guanidine groups is 1. The van der Waals surface area contributed by atoms with E-state index in [-0.39, 0.29) is 5.54 Å². The number of hydrogen-bond donors (Lipinski definition) is 2. The summed E-state index contributed by atoms with van der Waals surface area (Å²) in [5, 5.41) is 6.72. The van der Waals surface area contributed by atoms with Crippen molar-refractivity contribution in [3.05, 3.63) is 29.8 Å². The fraction of sp³-hybridized carbons (Fsp3) is 0.667. The minimum atomic E-state index is -3.50. The Kier molecular flexibility index (Phi) is 8.48. The molecule has 0 radical (unpaired) electrons. The van der Waals surface area contributed by atoms with Crippen molar-refractivity contribution in [2.45, 2.75) is 57.0 Å². The number of nitrogens with one attached hydrogen (secondary N) is 2. The molecule has 2 rings (SSSR count). The van der Waals surface area contributed by atoms with E-state index in [2.05, 4.69) is 34.4 Å². The van der Waals surface area contributed by atoms with E-state index in [1.54, 1.807) is 26.2 Å². The number of hydrogen-bond acceptors (Lipinski definition) is 4. The smallest absolute Gasteiger partial charge is 0.242 e. The minimum absolute atomic E-state index is 0.0305. The molecule has 0 amide bonds. The van der Waals surface area contributed by atoms with Gasteiger partial charge < -0.3 is 10.6 Å². The van der Waals surface area contributed by atoms with Crippen molar-refractivity contribution >= 4 is 16.0 Å². The fourth-order valence-electron chi connectivity index (χ4n) is 3.50. The normalized spacial score (nSPS) is 16.8. The summed E-state index contributed by atoms with van der Waals surface area (Å²) in [6, 6.07) is 7.05. The highest BCUT2D eigenvalue weighted by atomic mass is 32.2. The lowest BCUT2D eigenvalue weighted by atomic mass is 9.98. The molecule has 0 aromatic heterocycles. The Morgan fingerprint density at radius 3 is 2.41 bits per heavy atom. The molecule has 0 aliphatic carbocycles. The molecule has 1 aliphatic rings. The van der Waals surface area contributed by atoms with Crippen LogP contribution in [0.15, 0.2) is 34.2 Å². The van der Waals surface area contributed by atoms with Crippen molar-refractivity contribution < 1.29 is 8.42 Å². The second-order valence-electron chi connectivity index (χ2n) is 8.30. The standard InChI is InChI=1S/C21H37N5O2S/c1-6-22-20(24-17-21(2,3)26-14-10-7-11-15-26)23-16-18-12-8-9-13-19(18)29(27,28)25(4)5/h8-9,12-13H,6-7,10-11,14-17H2,1-5H3,(H2,22,23,24). The molecule has 0 spiro atoms. The SMILES string of the molecule is CCNC(=NCc1ccccc1S(=O)(=O)N(C)C)NCC(C)(C)N1CCCCC1. The first-order chi connectivity index (χ1) is 13.7. The summed E-state index contributed by atoms with van der Waals surface area (Å²) in [7, 11) is -0.411. The molecule has 1 fully saturated rings. The number of benzene rings is 1. The highest BCUT2D eigenvalue weighted by Gasteiger charge is 2.28. The van der Waals surface area contributed by atoms with Crippen LogP contribution in [-0.4, -0.2) is 69.4 Å². The second kappa shape index (κ2) is 10.4. The molecular formula is C21H37N5O2S. The Morgan fingerprint density at radius 1 is 1.14 bits per heavy atom. The van der Waals surface area contributed by atoms with Gasteiger partial charge in [0.15, 0.2) is 5.96 Å². The van der Waals surface area contributed by atoms with E-state index in [0.717, 1.165) is 26.2 Å². The maximum Gasteiger partial charge on any atom is 0.242 e. The summed E-state index contributed by atoms with van der Waals surface area (Å²) >= 11 is 0. The van der Waals surface area contributed by atoms with Gasteiger partial charge in [-0.25, -0.2) is 17.7 Å². The molecular weight excluding hydrogens is 386 g/mol. The minimum Gasteiger partial charge on any atom is -0.357 e. The summed E-state index contributed by atoms with van der Waals surface area (Å²) in [5.41, 5.74) is 0.719. The van der Waals surface area contributed by atoms with Gasteiger partial charge >= 0.3 is 0 Å². The van der Waals surface area contributed by atoms with Crippen molar-refractivity contribution in [3.8, 4) is 0 Å². The molecule has 7 nitrogen and oxygen atoms in total.